The molecule has 0 radical (unpaired) electrons. The van der Waals surface area contributed by atoms with Crippen molar-refractivity contribution in [1.29, 1.82) is 0 Å². The number of nitrogens with zero attached hydrogens (tertiary/aromatic N) is 4. The van der Waals surface area contributed by atoms with Crippen molar-refractivity contribution < 1.29 is 18.7 Å². The number of hydrogen-bond acceptors (Lipinski definition) is 8. The molecule has 0 fully saturated rings. The maximum absolute atomic E-state index is 14.4. The number of aromatic nitrogens is 4. The monoisotopic (exact) mass is 476 g/mol. The van der Waals surface area contributed by atoms with Crippen LogP contribution in [0.1, 0.15) is 28.8 Å². The molecule has 0 aliphatic carbocycles. The number of nitrogens with one attached hydrogen (secondary N) is 2. The van der Waals surface area contributed by atoms with Crippen LogP contribution in [-0.2, 0) is 0 Å². The number of amides is 1. The second-order valence-corrected chi connectivity index (χ2v) is 7.81. The number of methoxy groups -OCH3 is 2. The molecule has 180 valence electrons. The molecule has 3 aromatic heterocycles. The number of carbonyl (C=O) groups is 1. The number of halogens is 1. The van der Waals surface area contributed by atoms with Crippen molar-refractivity contribution in [2.75, 3.05) is 33.1 Å². The molecule has 35 heavy (non-hydrogen) atoms. The van der Waals surface area contributed by atoms with Crippen LogP contribution in [0.5, 0.6) is 11.6 Å². The lowest BCUT2D eigenvalue weighted by molar-refractivity contribution is 0.0960. The number of para-hydroxylation sites is 1. The third-order valence-electron chi connectivity index (χ3n) is 5.65. The third kappa shape index (κ3) is 4.81. The zero-order chi connectivity index (χ0) is 24.9. The van der Waals surface area contributed by atoms with Crippen LogP contribution in [0.25, 0.3) is 22.2 Å². The Labute approximate surface area is 201 Å². The highest BCUT2D eigenvalue weighted by Crippen LogP contribution is 2.30. The van der Waals surface area contributed by atoms with Crippen LogP contribution in [0.4, 0.5) is 10.2 Å². The molecular formula is C25H25FN6O3. The van der Waals surface area contributed by atoms with Gasteiger partial charge in [-0.3, -0.25) is 9.78 Å². The van der Waals surface area contributed by atoms with Gasteiger partial charge in [0.05, 0.1) is 37.2 Å². The standard InChI is InChI=1S/C25H25FN6O3/c1-14(16-6-5-7-17-22(24(33)27-2)18(26)12-29-23(16)17)10-28-21-9-19(31-13-32-21)15-8-20(34-3)25(35-4)30-11-15/h5-9,11-14H,10H2,1-4H3,(H,27,33)(H,28,31,32)/t14-/m1/s1. The number of ether oxygens (including phenoxy) is 2. The Balaban J connectivity index is 1.57. The largest absolute Gasteiger partial charge is 0.491 e. The molecule has 9 nitrogen and oxygen atoms in total. The van der Waals surface area contributed by atoms with Gasteiger partial charge < -0.3 is 20.1 Å². The Bertz CT molecular complexity index is 1380. The molecule has 0 aliphatic heterocycles. The van der Waals surface area contributed by atoms with Crippen molar-refractivity contribution in [3.8, 4) is 22.9 Å². The summed E-state index contributed by atoms with van der Waals surface area (Å²) in [6.07, 6.45) is 4.21. The van der Waals surface area contributed by atoms with Crippen LogP contribution < -0.4 is 20.1 Å². The minimum absolute atomic E-state index is 0.0107. The number of anilines is 1. The summed E-state index contributed by atoms with van der Waals surface area (Å²) in [7, 11) is 4.55. The Morgan fingerprint density at radius 2 is 1.91 bits per heavy atom. The van der Waals surface area contributed by atoms with Crippen molar-refractivity contribution in [3.05, 3.63) is 66.0 Å². The number of carbonyl (C=O) groups excluding carboxylic acids is 1. The fourth-order valence-electron chi connectivity index (χ4n) is 3.83. The topological polar surface area (TPSA) is 111 Å². The zero-order valence-electron chi connectivity index (χ0n) is 19.8. The van der Waals surface area contributed by atoms with Gasteiger partial charge in [0, 0.05) is 42.7 Å². The Hall–Kier alpha value is -4.34. The average molecular weight is 477 g/mol. The number of rotatable bonds is 8. The van der Waals surface area contributed by atoms with E-state index in [2.05, 4.69) is 30.6 Å². The van der Waals surface area contributed by atoms with E-state index < -0.39 is 11.7 Å². The average Bonchev–Trinajstić information content (AvgIpc) is 2.90. The maximum atomic E-state index is 14.4. The molecule has 0 bridgehead atoms. The molecule has 0 saturated carbocycles. The molecule has 0 unspecified atom stereocenters. The molecule has 0 aliphatic rings. The number of pyridine rings is 2. The maximum Gasteiger partial charge on any atom is 0.256 e. The van der Waals surface area contributed by atoms with Crippen LogP contribution in [-0.4, -0.2) is 53.7 Å². The molecule has 1 amide bonds. The molecular weight excluding hydrogens is 451 g/mol. The van der Waals surface area contributed by atoms with E-state index >= 15 is 0 Å². The van der Waals surface area contributed by atoms with Gasteiger partial charge in [-0.25, -0.2) is 19.3 Å². The smallest absolute Gasteiger partial charge is 0.256 e. The van der Waals surface area contributed by atoms with Crippen molar-refractivity contribution in [1.82, 2.24) is 25.3 Å². The molecule has 1 aromatic carbocycles. The summed E-state index contributed by atoms with van der Waals surface area (Å²) in [5.74, 6) is 0.356. The van der Waals surface area contributed by atoms with Crippen LogP contribution in [0, 0.1) is 5.82 Å². The SMILES string of the molecule is CNC(=O)c1c(F)cnc2c([C@H](C)CNc3cc(-c4cnc(OC)c(OC)c4)ncn3)cccc12. The lowest BCUT2D eigenvalue weighted by Gasteiger charge is -2.17. The Morgan fingerprint density at radius 3 is 2.66 bits per heavy atom. The predicted octanol–water partition coefficient (Wildman–Crippen LogP) is 3.82. The van der Waals surface area contributed by atoms with Crippen molar-refractivity contribution >= 4 is 22.6 Å². The molecule has 1 atom stereocenters. The summed E-state index contributed by atoms with van der Waals surface area (Å²) in [4.78, 5) is 29.4. The minimum atomic E-state index is -0.655. The van der Waals surface area contributed by atoms with E-state index in [1.807, 2.05) is 19.1 Å². The normalized spacial score (nSPS) is 11.7. The Kier molecular flexibility index (Phi) is 7.00. The molecule has 4 rings (SSSR count). The summed E-state index contributed by atoms with van der Waals surface area (Å²) in [5.41, 5.74) is 2.88. The molecule has 10 heteroatoms. The first-order chi connectivity index (χ1) is 17.0. The summed E-state index contributed by atoms with van der Waals surface area (Å²) in [6.45, 7) is 2.54. The number of fused-ring (bicyclic) bond motifs is 1. The van der Waals surface area contributed by atoms with Gasteiger partial charge in [0.1, 0.15) is 12.1 Å². The highest BCUT2D eigenvalue weighted by molar-refractivity contribution is 6.06. The van der Waals surface area contributed by atoms with Gasteiger partial charge >= 0.3 is 0 Å². The van der Waals surface area contributed by atoms with Crippen LogP contribution in [0.2, 0.25) is 0 Å². The van der Waals surface area contributed by atoms with E-state index in [9.17, 15) is 9.18 Å². The summed E-state index contributed by atoms with van der Waals surface area (Å²) in [5, 5.41) is 6.28. The summed E-state index contributed by atoms with van der Waals surface area (Å²) < 4.78 is 24.9. The van der Waals surface area contributed by atoms with Crippen LogP contribution in [0.3, 0.4) is 0 Å². The van der Waals surface area contributed by atoms with Gasteiger partial charge in [0.2, 0.25) is 0 Å². The summed E-state index contributed by atoms with van der Waals surface area (Å²) >= 11 is 0. The van der Waals surface area contributed by atoms with Gasteiger partial charge in [-0.1, -0.05) is 25.1 Å². The zero-order valence-corrected chi connectivity index (χ0v) is 19.8. The highest BCUT2D eigenvalue weighted by Gasteiger charge is 2.19. The van der Waals surface area contributed by atoms with Gasteiger partial charge in [-0.15, -0.1) is 0 Å². The fourth-order valence-corrected chi connectivity index (χ4v) is 3.83. The van der Waals surface area contributed by atoms with E-state index in [4.69, 9.17) is 9.47 Å². The minimum Gasteiger partial charge on any atom is -0.491 e. The van der Waals surface area contributed by atoms with E-state index in [-0.39, 0.29) is 11.5 Å². The molecule has 0 spiro atoms. The second-order valence-electron chi connectivity index (χ2n) is 7.81. The lowest BCUT2D eigenvalue weighted by atomic mass is 9.96. The first-order valence-corrected chi connectivity index (χ1v) is 10.9. The molecule has 4 aromatic rings. The molecule has 2 N–H and O–H groups in total. The number of benzene rings is 1. The fraction of sp³-hybridized carbons (Fsp3) is 0.240. The van der Waals surface area contributed by atoms with Gasteiger partial charge in [-0.2, -0.15) is 0 Å². The van der Waals surface area contributed by atoms with E-state index in [0.29, 0.717) is 40.6 Å². The van der Waals surface area contributed by atoms with Crippen molar-refractivity contribution in [2.24, 2.45) is 0 Å². The van der Waals surface area contributed by atoms with Crippen LogP contribution >= 0.6 is 0 Å². The van der Waals surface area contributed by atoms with E-state index in [1.165, 1.54) is 20.5 Å². The highest BCUT2D eigenvalue weighted by atomic mass is 19.1. The predicted molar refractivity (Wildman–Crippen MR) is 130 cm³/mol. The van der Waals surface area contributed by atoms with Gasteiger partial charge in [-0.05, 0) is 11.6 Å². The molecule has 0 saturated heterocycles. The van der Waals surface area contributed by atoms with Crippen molar-refractivity contribution in [2.45, 2.75) is 12.8 Å². The Morgan fingerprint density at radius 1 is 1.09 bits per heavy atom. The quantitative estimate of drug-likeness (QED) is 0.395. The molecule has 3 heterocycles. The first-order valence-electron chi connectivity index (χ1n) is 10.9. The van der Waals surface area contributed by atoms with Gasteiger partial charge in [0.15, 0.2) is 11.6 Å². The van der Waals surface area contributed by atoms with E-state index in [0.717, 1.165) is 17.3 Å². The number of hydrogen-bond donors (Lipinski definition) is 2. The van der Waals surface area contributed by atoms with E-state index in [1.54, 1.807) is 31.5 Å². The lowest BCUT2D eigenvalue weighted by Crippen LogP contribution is -2.20. The second kappa shape index (κ2) is 10.3. The van der Waals surface area contributed by atoms with Crippen LogP contribution in [0.15, 0.2) is 49.1 Å². The first kappa shape index (κ1) is 23.8. The third-order valence-corrected chi connectivity index (χ3v) is 5.65. The summed E-state index contributed by atoms with van der Waals surface area (Å²) in [6, 6.07) is 9.04. The van der Waals surface area contributed by atoms with Gasteiger partial charge in [0.25, 0.3) is 11.8 Å². The van der Waals surface area contributed by atoms with Crippen molar-refractivity contribution in [3.63, 3.8) is 0 Å².